The van der Waals surface area contributed by atoms with Gasteiger partial charge in [0.15, 0.2) is 0 Å². The molecule has 0 atom stereocenters. The molecule has 1 aliphatic heterocycles. The number of hydrogen-bond acceptors (Lipinski definition) is 4. The SMILES string of the molecule is NCc1cccc(CN2CC(=O)NC(=O)C2)c1F. The molecule has 96 valence electrons. The Labute approximate surface area is 104 Å². The van der Waals surface area contributed by atoms with Crippen LogP contribution in [0.3, 0.4) is 0 Å². The molecule has 0 saturated carbocycles. The van der Waals surface area contributed by atoms with Crippen LogP contribution in [-0.4, -0.2) is 29.8 Å². The lowest BCUT2D eigenvalue weighted by Crippen LogP contribution is -2.50. The zero-order valence-corrected chi connectivity index (χ0v) is 9.78. The van der Waals surface area contributed by atoms with Gasteiger partial charge in [0.05, 0.1) is 13.1 Å². The first-order valence-corrected chi connectivity index (χ1v) is 5.61. The van der Waals surface area contributed by atoms with Gasteiger partial charge in [-0.1, -0.05) is 18.2 Å². The first-order chi connectivity index (χ1) is 8.60. The summed E-state index contributed by atoms with van der Waals surface area (Å²) in [4.78, 5) is 24.0. The maximum atomic E-state index is 13.9. The van der Waals surface area contributed by atoms with Gasteiger partial charge in [-0.3, -0.25) is 19.8 Å². The van der Waals surface area contributed by atoms with Gasteiger partial charge in [0, 0.05) is 24.2 Å². The van der Waals surface area contributed by atoms with E-state index in [1.807, 2.05) is 0 Å². The third-order valence-corrected chi connectivity index (χ3v) is 2.79. The highest BCUT2D eigenvalue weighted by atomic mass is 19.1. The summed E-state index contributed by atoms with van der Waals surface area (Å²) in [5.41, 5.74) is 6.30. The van der Waals surface area contributed by atoms with E-state index in [0.29, 0.717) is 11.1 Å². The number of hydrogen-bond donors (Lipinski definition) is 2. The number of carbonyl (C=O) groups excluding carboxylic acids is 2. The maximum Gasteiger partial charge on any atom is 0.240 e. The highest BCUT2D eigenvalue weighted by molar-refractivity contribution is 5.99. The van der Waals surface area contributed by atoms with Crippen molar-refractivity contribution in [2.75, 3.05) is 13.1 Å². The molecule has 0 aliphatic carbocycles. The summed E-state index contributed by atoms with van der Waals surface area (Å²) in [6, 6.07) is 4.96. The van der Waals surface area contributed by atoms with Crippen molar-refractivity contribution in [2.45, 2.75) is 13.1 Å². The van der Waals surface area contributed by atoms with Gasteiger partial charge < -0.3 is 5.73 Å². The molecule has 2 rings (SSSR count). The first kappa shape index (κ1) is 12.7. The van der Waals surface area contributed by atoms with Gasteiger partial charge >= 0.3 is 0 Å². The molecule has 3 N–H and O–H groups in total. The average Bonchev–Trinajstić information content (AvgIpc) is 2.30. The predicted octanol–water partition coefficient (Wildman–Crippen LogP) is -0.257. The number of carbonyl (C=O) groups is 2. The minimum absolute atomic E-state index is 0.0953. The highest BCUT2D eigenvalue weighted by Gasteiger charge is 2.23. The fourth-order valence-electron chi connectivity index (χ4n) is 1.96. The maximum absolute atomic E-state index is 13.9. The molecule has 0 radical (unpaired) electrons. The average molecular weight is 251 g/mol. The topological polar surface area (TPSA) is 75.4 Å². The molecule has 1 heterocycles. The molecule has 0 spiro atoms. The van der Waals surface area contributed by atoms with Crippen molar-refractivity contribution in [1.82, 2.24) is 10.2 Å². The van der Waals surface area contributed by atoms with Crippen molar-refractivity contribution in [3.8, 4) is 0 Å². The Morgan fingerprint density at radius 1 is 1.22 bits per heavy atom. The molecule has 1 aromatic carbocycles. The fourth-order valence-corrected chi connectivity index (χ4v) is 1.96. The van der Waals surface area contributed by atoms with Crippen molar-refractivity contribution < 1.29 is 14.0 Å². The second kappa shape index (κ2) is 5.24. The molecule has 1 saturated heterocycles. The molecule has 1 fully saturated rings. The first-order valence-electron chi connectivity index (χ1n) is 5.61. The van der Waals surface area contributed by atoms with Gasteiger partial charge in [-0.15, -0.1) is 0 Å². The number of nitrogens with one attached hydrogen (secondary N) is 1. The Bertz CT molecular complexity index is 474. The van der Waals surface area contributed by atoms with Crippen LogP contribution < -0.4 is 11.1 Å². The lowest BCUT2D eigenvalue weighted by molar-refractivity contribution is -0.136. The van der Waals surface area contributed by atoms with Crippen LogP contribution in [0.2, 0.25) is 0 Å². The summed E-state index contributed by atoms with van der Waals surface area (Å²) in [5, 5.41) is 2.20. The van der Waals surface area contributed by atoms with Crippen LogP contribution in [0.25, 0.3) is 0 Å². The number of nitrogens with two attached hydrogens (primary N) is 1. The van der Waals surface area contributed by atoms with E-state index in [1.54, 1.807) is 23.1 Å². The standard InChI is InChI=1S/C12H14FN3O2/c13-12-8(4-14)2-1-3-9(12)5-16-6-10(17)15-11(18)7-16/h1-3H,4-7,14H2,(H,15,17,18). The van der Waals surface area contributed by atoms with Crippen LogP contribution in [0.4, 0.5) is 4.39 Å². The summed E-state index contributed by atoms with van der Waals surface area (Å²) in [7, 11) is 0. The number of benzene rings is 1. The Morgan fingerprint density at radius 3 is 2.44 bits per heavy atom. The summed E-state index contributed by atoms with van der Waals surface area (Å²) in [6.45, 7) is 0.536. The lowest BCUT2D eigenvalue weighted by Gasteiger charge is -2.25. The summed E-state index contributed by atoms with van der Waals surface area (Å²) in [6.07, 6.45) is 0. The van der Waals surface area contributed by atoms with Crippen molar-refractivity contribution >= 4 is 11.8 Å². The summed E-state index contributed by atoms with van der Waals surface area (Å²) < 4.78 is 13.9. The Hall–Kier alpha value is -1.79. The Morgan fingerprint density at radius 2 is 1.83 bits per heavy atom. The number of amides is 2. The van der Waals surface area contributed by atoms with Gasteiger partial charge in [0.1, 0.15) is 5.82 Å². The number of nitrogens with zero attached hydrogens (tertiary/aromatic N) is 1. The molecule has 5 nitrogen and oxygen atoms in total. The summed E-state index contributed by atoms with van der Waals surface area (Å²) in [5.74, 6) is -1.08. The molecule has 0 bridgehead atoms. The number of rotatable bonds is 3. The van der Waals surface area contributed by atoms with Crippen molar-refractivity contribution in [3.63, 3.8) is 0 Å². The largest absolute Gasteiger partial charge is 0.326 e. The quantitative estimate of drug-likeness (QED) is 0.726. The van der Waals surface area contributed by atoms with E-state index in [4.69, 9.17) is 5.73 Å². The normalized spacial score (nSPS) is 16.8. The molecular formula is C12H14FN3O2. The van der Waals surface area contributed by atoms with Crippen LogP contribution in [0.5, 0.6) is 0 Å². The van der Waals surface area contributed by atoms with Crippen LogP contribution in [0.1, 0.15) is 11.1 Å². The van der Waals surface area contributed by atoms with E-state index in [-0.39, 0.29) is 43.8 Å². The number of imide groups is 1. The van der Waals surface area contributed by atoms with Crippen molar-refractivity contribution in [3.05, 3.63) is 35.1 Å². The predicted molar refractivity (Wildman–Crippen MR) is 62.7 cm³/mol. The van der Waals surface area contributed by atoms with Gasteiger partial charge in [-0.2, -0.15) is 0 Å². The molecule has 2 amide bonds. The van der Waals surface area contributed by atoms with Gasteiger partial charge in [0.25, 0.3) is 0 Å². The van der Waals surface area contributed by atoms with E-state index >= 15 is 0 Å². The van der Waals surface area contributed by atoms with E-state index in [0.717, 1.165) is 0 Å². The third kappa shape index (κ3) is 2.72. The molecular weight excluding hydrogens is 237 g/mol. The monoisotopic (exact) mass is 251 g/mol. The lowest BCUT2D eigenvalue weighted by atomic mass is 10.1. The van der Waals surface area contributed by atoms with Gasteiger partial charge in [-0.05, 0) is 0 Å². The van der Waals surface area contributed by atoms with Gasteiger partial charge in [-0.25, -0.2) is 4.39 Å². The van der Waals surface area contributed by atoms with Crippen molar-refractivity contribution in [2.24, 2.45) is 5.73 Å². The minimum atomic E-state index is -0.363. The second-order valence-corrected chi connectivity index (χ2v) is 4.21. The zero-order chi connectivity index (χ0) is 13.1. The van der Waals surface area contributed by atoms with Crippen molar-refractivity contribution in [1.29, 1.82) is 0 Å². The second-order valence-electron chi connectivity index (χ2n) is 4.21. The van der Waals surface area contributed by atoms with E-state index < -0.39 is 0 Å². The van der Waals surface area contributed by atoms with Gasteiger partial charge in [0.2, 0.25) is 11.8 Å². The Balaban J connectivity index is 2.14. The number of piperazine rings is 1. The highest BCUT2D eigenvalue weighted by Crippen LogP contribution is 2.15. The van der Waals surface area contributed by atoms with Crippen LogP contribution in [0, 0.1) is 5.82 Å². The molecule has 1 aliphatic rings. The summed E-state index contributed by atoms with van der Waals surface area (Å²) >= 11 is 0. The molecule has 6 heteroatoms. The molecule has 18 heavy (non-hydrogen) atoms. The van der Waals surface area contributed by atoms with Crippen LogP contribution >= 0.6 is 0 Å². The molecule has 1 aromatic rings. The van der Waals surface area contributed by atoms with E-state index in [2.05, 4.69) is 5.32 Å². The smallest absolute Gasteiger partial charge is 0.240 e. The zero-order valence-electron chi connectivity index (χ0n) is 9.78. The van der Waals surface area contributed by atoms with E-state index in [1.165, 1.54) is 0 Å². The number of halogens is 1. The Kier molecular flexibility index (Phi) is 3.69. The van der Waals surface area contributed by atoms with Crippen LogP contribution in [0.15, 0.2) is 18.2 Å². The minimum Gasteiger partial charge on any atom is -0.326 e. The van der Waals surface area contributed by atoms with E-state index in [9.17, 15) is 14.0 Å². The fraction of sp³-hybridized carbons (Fsp3) is 0.333. The third-order valence-electron chi connectivity index (χ3n) is 2.79. The van der Waals surface area contributed by atoms with Crippen LogP contribution in [-0.2, 0) is 22.7 Å². The molecule has 0 aromatic heterocycles. The molecule has 0 unspecified atom stereocenters.